The Labute approximate surface area is 164 Å². The third-order valence-corrected chi connectivity index (χ3v) is 6.12. The molecule has 0 unspecified atom stereocenters. The van der Waals surface area contributed by atoms with E-state index < -0.39 is 15.9 Å². The molecule has 0 aliphatic carbocycles. The molecule has 0 fully saturated rings. The number of aromatic nitrogens is 2. The number of hydrogen-bond acceptors (Lipinski definition) is 7. The van der Waals surface area contributed by atoms with Gasteiger partial charge < -0.3 is 4.74 Å². The Balaban J connectivity index is 1.73. The van der Waals surface area contributed by atoms with E-state index in [1.54, 1.807) is 42.5 Å². The van der Waals surface area contributed by atoms with Crippen molar-refractivity contribution in [3.8, 4) is 5.75 Å². The molecule has 3 rings (SSSR count). The lowest BCUT2D eigenvalue weighted by atomic mass is 10.2. The number of rotatable bonds is 6. The fourth-order valence-electron chi connectivity index (χ4n) is 2.02. The van der Waals surface area contributed by atoms with E-state index in [1.165, 1.54) is 13.2 Å². The van der Waals surface area contributed by atoms with Crippen LogP contribution in [0.5, 0.6) is 5.75 Å². The summed E-state index contributed by atoms with van der Waals surface area (Å²) in [4.78, 5) is 12.2. The summed E-state index contributed by atoms with van der Waals surface area (Å²) in [5, 5.41) is 10.4. The van der Waals surface area contributed by atoms with E-state index in [0.717, 1.165) is 11.3 Å². The Morgan fingerprint density at radius 2 is 1.89 bits per heavy atom. The van der Waals surface area contributed by atoms with Crippen LogP contribution in [0, 0.1) is 0 Å². The van der Waals surface area contributed by atoms with Gasteiger partial charge >= 0.3 is 0 Å². The van der Waals surface area contributed by atoms with Crippen LogP contribution in [0.25, 0.3) is 0 Å². The van der Waals surface area contributed by atoms with Gasteiger partial charge in [0.2, 0.25) is 5.13 Å². The first kappa shape index (κ1) is 19.1. The molecular formula is C16H13ClN4O4S2. The maximum atomic E-state index is 12.4. The highest BCUT2D eigenvalue weighted by molar-refractivity contribution is 7.94. The van der Waals surface area contributed by atoms with Crippen molar-refractivity contribution in [2.75, 3.05) is 17.1 Å². The maximum Gasteiger partial charge on any atom is 0.291 e. The Kier molecular flexibility index (Phi) is 5.59. The van der Waals surface area contributed by atoms with Crippen LogP contribution in [-0.4, -0.2) is 31.6 Å². The van der Waals surface area contributed by atoms with Crippen molar-refractivity contribution < 1.29 is 17.9 Å². The average Bonchev–Trinajstić information content (AvgIpc) is 3.11. The minimum Gasteiger partial charge on any atom is -0.497 e. The molecule has 27 heavy (non-hydrogen) atoms. The van der Waals surface area contributed by atoms with E-state index >= 15 is 0 Å². The van der Waals surface area contributed by atoms with Crippen LogP contribution in [0.15, 0.2) is 52.9 Å². The van der Waals surface area contributed by atoms with E-state index in [9.17, 15) is 13.2 Å². The zero-order valence-electron chi connectivity index (χ0n) is 13.8. The van der Waals surface area contributed by atoms with Gasteiger partial charge in [-0.05, 0) is 36.4 Å². The van der Waals surface area contributed by atoms with Gasteiger partial charge in [0.25, 0.3) is 20.3 Å². The fourth-order valence-corrected chi connectivity index (χ4v) is 4.10. The number of nitrogens with one attached hydrogen (secondary N) is 2. The molecule has 0 bridgehead atoms. The number of nitrogens with zero attached hydrogens (tertiary/aromatic N) is 2. The summed E-state index contributed by atoms with van der Waals surface area (Å²) in [6.07, 6.45) is 0. The second-order valence-corrected chi connectivity index (χ2v) is 8.44. The molecule has 0 aliphatic heterocycles. The Bertz CT molecular complexity index is 1070. The highest BCUT2D eigenvalue weighted by Gasteiger charge is 2.21. The minimum absolute atomic E-state index is 0.0565. The number of amides is 1. The number of hydrogen-bond donors (Lipinski definition) is 2. The molecule has 0 saturated heterocycles. The summed E-state index contributed by atoms with van der Waals surface area (Å²) < 4.78 is 32.0. The van der Waals surface area contributed by atoms with Gasteiger partial charge in [-0.25, -0.2) is 0 Å². The molecule has 2 N–H and O–H groups in total. The number of halogens is 1. The number of carbonyl (C=O) groups is 1. The van der Waals surface area contributed by atoms with E-state index in [4.69, 9.17) is 16.3 Å². The Morgan fingerprint density at radius 1 is 1.15 bits per heavy atom. The summed E-state index contributed by atoms with van der Waals surface area (Å²) in [7, 11) is -2.47. The van der Waals surface area contributed by atoms with Crippen molar-refractivity contribution in [1.29, 1.82) is 0 Å². The molecule has 0 radical (unpaired) electrons. The van der Waals surface area contributed by atoms with E-state index in [0.29, 0.717) is 22.0 Å². The standard InChI is InChI=1S/C16H13ClN4O4S2/c1-25-13-4-2-3-12(9-13)21-27(23,24)16-20-19-15(26-16)18-14(22)10-5-7-11(17)8-6-10/h2-9,21H,1H3,(H,18,19,22). The average molecular weight is 425 g/mol. The van der Waals surface area contributed by atoms with Crippen LogP contribution in [0.2, 0.25) is 5.02 Å². The first-order valence-electron chi connectivity index (χ1n) is 7.45. The maximum absolute atomic E-state index is 12.4. The number of sulfonamides is 1. The lowest BCUT2D eigenvalue weighted by Gasteiger charge is -2.06. The van der Waals surface area contributed by atoms with Crippen molar-refractivity contribution >= 4 is 49.7 Å². The molecule has 1 aromatic heterocycles. The fraction of sp³-hybridized carbons (Fsp3) is 0.0625. The highest BCUT2D eigenvalue weighted by atomic mass is 35.5. The summed E-state index contributed by atoms with van der Waals surface area (Å²) >= 11 is 6.52. The molecule has 8 nitrogen and oxygen atoms in total. The molecule has 0 atom stereocenters. The topological polar surface area (TPSA) is 110 Å². The second kappa shape index (κ2) is 7.91. The lowest BCUT2D eigenvalue weighted by molar-refractivity contribution is 0.102. The molecule has 0 aliphatic rings. The van der Waals surface area contributed by atoms with Gasteiger partial charge in [-0.15, -0.1) is 10.2 Å². The molecule has 140 valence electrons. The summed E-state index contributed by atoms with van der Waals surface area (Å²) in [5.74, 6) is 0.0518. The Morgan fingerprint density at radius 3 is 2.59 bits per heavy atom. The molecule has 11 heteroatoms. The van der Waals surface area contributed by atoms with Gasteiger partial charge in [-0.2, -0.15) is 8.42 Å². The number of carbonyl (C=O) groups excluding carboxylic acids is 1. The molecular weight excluding hydrogens is 412 g/mol. The molecule has 0 spiro atoms. The molecule has 3 aromatic rings. The van der Waals surface area contributed by atoms with E-state index in [2.05, 4.69) is 20.2 Å². The van der Waals surface area contributed by atoms with Gasteiger partial charge in [0.1, 0.15) is 5.75 Å². The third-order valence-electron chi connectivity index (χ3n) is 3.29. The van der Waals surface area contributed by atoms with Gasteiger partial charge in [0.05, 0.1) is 12.8 Å². The van der Waals surface area contributed by atoms with Crippen LogP contribution in [0.4, 0.5) is 10.8 Å². The predicted molar refractivity (Wildman–Crippen MR) is 103 cm³/mol. The zero-order chi connectivity index (χ0) is 19.4. The van der Waals surface area contributed by atoms with Gasteiger partial charge in [-0.3, -0.25) is 14.8 Å². The summed E-state index contributed by atoms with van der Waals surface area (Å²) in [6.45, 7) is 0. The normalized spacial score (nSPS) is 11.0. The first-order valence-corrected chi connectivity index (χ1v) is 10.1. The van der Waals surface area contributed by atoms with Gasteiger partial charge in [0.15, 0.2) is 0 Å². The number of methoxy groups -OCH3 is 1. The molecule has 1 heterocycles. The summed E-state index contributed by atoms with van der Waals surface area (Å²) in [6, 6.07) is 12.7. The van der Waals surface area contributed by atoms with E-state index in [1.807, 2.05) is 0 Å². The van der Waals surface area contributed by atoms with Crippen molar-refractivity contribution in [2.24, 2.45) is 0 Å². The van der Waals surface area contributed by atoms with Crippen LogP contribution in [-0.2, 0) is 10.0 Å². The van der Waals surface area contributed by atoms with Crippen LogP contribution < -0.4 is 14.8 Å². The molecule has 2 aromatic carbocycles. The van der Waals surface area contributed by atoms with Crippen LogP contribution in [0.1, 0.15) is 10.4 Å². The minimum atomic E-state index is -3.95. The van der Waals surface area contributed by atoms with Crippen LogP contribution >= 0.6 is 22.9 Å². The molecule has 0 saturated carbocycles. The van der Waals surface area contributed by atoms with Crippen molar-refractivity contribution in [3.63, 3.8) is 0 Å². The number of anilines is 2. The largest absolute Gasteiger partial charge is 0.497 e. The second-order valence-electron chi connectivity index (χ2n) is 5.17. The third kappa shape index (κ3) is 4.73. The van der Waals surface area contributed by atoms with Gasteiger partial charge in [0, 0.05) is 16.7 Å². The number of ether oxygens (including phenoxy) is 1. The monoisotopic (exact) mass is 424 g/mol. The van der Waals surface area contributed by atoms with Crippen molar-refractivity contribution in [1.82, 2.24) is 10.2 Å². The zero-order valence-corrected chi connectivity index (χ0v) is 16.2. The number of benzene rings is 2. The lowest BCUT2D eigenvalue weighted by Crippen LogP contribution is -2.12. The van der Waals surface area contributed by atoms with Crippen molar-refractivity contribution in [3.05, 3.63) is 59.1 Å². The first-order chi connectivity index (χ1) is 12.9. The van der Waals surface area contributed by atoms with Crippen LogP contribution in [0.3, 0.4) is 0 Å². The van der Waals surface area contributed by atoms with Gasteiger partial charge in [-0.1, -0.05) is 29.0 Å². The highest BCUT2D eigenvalue weighted by Crippen LogP contribution is 2.24. The van der Waals surface area contributed by atoms with E-state index in [-0.39, 0.29) is 9.47 Å². The predicted octanol–water partition coefficient (Wildman–Crippen LogP) is 3.25. The summed E-state index contributed by atoms with van der Waals surface area (Å²) in [5.41, 5.74) is 0.671. The smallest absolute Gasteiger partial charge is 0.291 e. The quantitative estimate of drug-likeness (QED) is 0.587. The SMILES string of the molecule is COc1cccc(NS(=O)(=O)c2nnc(NC(=O)c3ccc(Cl)cc3)s2)c1. The molecule has 1 amide bonds. The Hall–Kier alpha value is -2.69. The van der Waals surface area contributed by atoms with Crippen molar-refractivity contribution in [2.45, 2.75) is 4.34 Å².